The highest BCUT2D eigenvalue weighted by molar-refractivity contribution is 7.10. The highest BCUT2D eigenvalue weighted by Gasteiger charge is 2.25. The van der Waals surface area contributed by atoms with E-state index in [4.69, 9.17) is 11.6 Å². The van der Waals surface area contributed by atoms with Gasteiger partial charge >= 0.3 is 0 Å². The Bertz CT molecular complexity index is 670. The summed E-state index contributed by atoms with van der Waals surface area (Å²) in [6.07, 6.45) is 1.04. The van der Waals surface area contributed by atoms with Gasteiger partial charge in [-0.05, 0) is 42.0 Å². The molecule has 3 nitrogen and oxygen atoms in total. The Hall–Kier alpha value is -1.36. The molecule has 1 atom stereocenters. The third-order valence-corrected chi connectivity index (χ3v) is 5.55. The standard InChI is InChI=1S/C17H19ClN2OS/c1-12-14-7-9-22-16(14)6-8-20(12)11-17(21)19-10-13-4-2-3-5-15(13)18/h2-5,7,9,12H,6,8,10-11H2,1H3,(H,19,21). The monoisotopic (exact) mass is 334 g/mol. The predicted octanol–water partition coefficient (Wildman–Crippen LogP) is 3.64. The number of rotatable bonds is 4. The summed E-state index contributed by atoms with van der Waals surface area (Å²) < 4.78 is 0. The number of thiophene rings is 1. The Morgan fingerprint density at radius 3 is 3.05 bits per heavy atom. The van der Waals surface area contributed by atoms with E-state index < -0.39 is 0 Å². The van der Waals surface area contributed by atoms with Crippen LogP contribution in [0.1, 0.15) is 29.0 Å². The number of carbonyl (C=O) groups is 1. The van der Waals surface area contributed by atoms with Crippen molar-refractivity contribution in [2.75, 3.05) is 13.1 Å². The molecule has 1 aromatic carbocycles. The first-order valence-electron chi connectivity index (χ1n) is 7.45. The number of hydrogen-bond acceptors (Lipinski definition) is 3. The molecular formula is C17H19ClN2OS. The molecule has 2 aromatic rings. The van der Waals surface area contributed by atoms with Gasteiger partial charge in [0, 0.05) is 29.0 Å². The molecule has 1 N–H and O–H groups in total. The van der Waals surface area contributed by atoms with E-state index in [1.807, 2.05) is 35.6 Å². The SMILES string of the molecule is CC1c2ccsc2CCN1CC(=O)NCc1ccccc1Cl. The fourth-order valence-corrected chi connectivity index (χ4v) is 4.02. The molecule has 0 aliphatic carbocycles. The van der Waals surface area contributed by atoms with E-state index in [9.17, 15) is 4.79 Å². The maximum absolute atomic E-state index is 12.2. The van der Waals surface area contributed by atoms with Crippen molar-refractivity contribution in [3.05, 3.63) is 56.7 Å². The number of nitrogens with one attached hydrogen (secondary N) is 1. The maximum atomic E-state index is 12.2. The van der Waals surface area contributed by atoms with E-state index in [1.165, 1.54) is 10.4 Å². The fraction of sp³-hybridized carbons (Fsp3) is 0.353. The number of halogens is 1. The zero-order chi connectivity index (χ0) is 15.5. The molecule has 2 heterocycles. The lowest BCUT2D eigenvalue weighted by molar-refractivity contribution is -0.123. The second-order valence-corrected chi connectivity index (χ2v) is 6.97. The first-order valence-corrected chi connectivity index (χ1v) is 8.71. The van der Waals surface area contributed by atoms with Crippen LogP contribution in [0.3, 0.4) is 0 Å². The molecule has 0 fully saturated rings. The van der Waals surface area contributed by atoms with Crippen LogP contribution in [-0.2, 0) is 17.8 Å². The van der Waals surface area contributed by atoms with Crippen LogP contribution in [0.2, 0.25) is 5.02 Å². The average Bonchev–Trinajstić information content (AvgIpc) is 2.99. The lowest BCUT2D eigenvalue weighted by Gasteiger charge is -2.32. The maximum Gasteiger partial charge on any atom is 0.234 e. The summed E-state index contributed by atoms with van der Waals surface area (Å²) in [6, 6.07) is 10.1. The van der Waals surface area contributed by atoms with Gasteiger partial charge in [-0.1, -0.05) is 29.8 Å². The van der Waals surface area contributed by atoms with Gasteiger partial charge in [0.1, 0.15) is 0 Å². The lowest BCUT2D eigenvalue weighted by Crippen LogP contribution is -2.41. The molecule has 1 unspecified atom stereocenters. The van der Waals surface area contributed by atoms with Crippen LogP contribution >= 0.6 is 22.9 Å². The van der Waals surface area contributed by atoms with Gasteiger partial charge in [0.25, 0.3) is 0 Å². The Morgan fingerprint density at radius 2 is 2.23 bits per heavy atom. The van der Waals surface area contributed by atoms with Crippen LogP contribution < -0.4 is 5.32 Å². The van der Waals surface area contributed by atoms with Crippen LogP contribution in [0.15, 0.2) is 35.7 Å². The molecule has 5 heteroatoms. The van der Waals surface area contributed by atoms with E-state index >= 15 is 0 Å². The predicted molar refractivity (Wildman–Crippen MR) is 91.3 cm³/mol. The topological polar surface area (TPSA) is 32.3 Å². The molecule has 0 saturated carbocycles. The Balaban J connectivity index is 1.55. The van der Waals surface area contributed by atoms with Crippen molar-refractivity contribution in [2.45, 2.75) is 25.9 Å². The van der Waals surface area contributed by atoms with Gasteiger partial charge in [-0.15, -0.1) is 11.3 Å². The number of hydrogen-bond donors (Lipinski definition) is 1. The van der Waals surface area contributed by atoms with E-state index in [2.05, 4.69) is 28.6 Å². The number of carbonyl (C=O) groups excluding carboxylic acids is 1. The number of benzene rings is 1. The van der Waals surface area contributed by atoms with Crippen molar-refractivity contribution in [1.82, 2.24) is 10.2 Å². The summed E-state index contributed by atoms with van der Waals surface area (Å²) in [5.41, 5.74) is 2.32. The minimum absolute atomic E-state index is 0.0467. The third kappa shape index (κ3) is 3.35. The van der Waals surface area contributed by atoms with Gasteiger partial charge in [-0.25, -0.2) is 0 Å². The molecule has 22 heavy (non-hydrogen) atoms. The van der Waals surface area contributed by atoms with Crippen molar-refractivity contribution in [2.24, 2.45) is 0 Å². The summed E-state index contributed by atoms with van der Waals surface area (Å²) in [4.78, 5) is 15.9. The highest BCUT2D eigenvalue weighted by atomic mass is 35.5. The summed E-state index contributed by atoms with van der Waals surface area (Å²) in [5, 5.41) is 5.80. The summed E-state index contributed by atoms with van der Waals surface area (Å²) in [7, 11) is 0. The fourth-order valence-electron chi connectivity index (χ4n) is 2.85. The zero-order valence-corrected chi connectivity index (χ0v) is 14.1. The number of fused-ring (bicyclic) bond motifs is 1. The Morgan fingerprint density at radius 1 is 1.41 bits per heavy atom. The Labute approximate surface area is 139 Å². The molecule has 1 aliphatic rings. The van der Waals surface area contributed by atoms with Gasteiger partial charge in [0.15, 0.2) is 0 Å². The molecule has 1 aromatic heterocycles. The highest BCUT2D eigenvalue weighted by Crippen LogP contribution is 2.32. The van der Waals surface area contributed by atoms with Crippen molar-refractivity contribution in [3.63, 3.8) is 0 Å². The third-order valence-electron chi connectivity index (χ3n) is 4.18. The minimum atomic E-state index is 0.0467. The van der Waals surface area contributed by atoms with E-state index in [-0.39, 0.29) is 5.91 Å². The summed E-state index contributed by atoms with van der Waals surface area (Å²) >= 11 is 7.92. The van der Waals surface area contributed by atoms with Crippen molar-refractivity contribution in [3.8, 4) is 0 Å². The number of nitrogens with zero attached hydrogens (tertiary/aromatic N) is 1. The molecule has 0 radical (unpaired) electrons. The van der Waals surface area contributed by atoms with E-state index in [0.717, 1.165) is 18.5 Å². The van der Waals surface area contributed by atoms with Crippen LogP contribution in [0, 0.1) is 0 Å². The lowest BCUT2D eigenvalue weighted by atomic mass is 10.0. The van der Waals surface area contributed by atoms with E-state index in [0.29, 0.717) is 24.2 Å². The molecule has 1 amide bonds. The van der Waals surface area contributed by atoms with Crippen molar-refractivity contribution in [1.29, 1.82) is 0 Å². The number of amides is 1. The largest absolute Gasteiger partial charge is 0.351 e. The Kier molecular flexibility index (Phi) is 4.81. The van der Waals surface area contributed by atoms with Crippen LogP contribution in [0.25, 0.3) is 0 Å². The van der Waals surface area contributed by atoms with Crippen LogP contribution in [0.4, 0.5) is 0 Å². The zero-order valence-electron chi connectivity index (χ0n) is 12.5. The molecule has 0 saturated heterocycles. The summed E-state index contributed by atoms with van der Waals surface area (Å²) in [5.74, 6) is 0.0467. The van der Waals surface area contributed by atoms with Gasteiger partial charge in [0.2, 0.25) is 5.91 Å². The smallest absolute Gasteiger partial charge is 0.234 e. The van der Waals surface area contributed by atoms with Crippen LogP contribution in [0.5, 0.6) is 0 Å². The molecule has 0 bridgehead atoms. The van der Waals surface area contributed by atoms with Crippen LogP contribution in [-0.4, -0.2) is 23.9 Å². The van der Waals surface area contributed by atoms with Gasteiger partial charge in [-0.2, -0.15) is 0 Å². The molecular weight excluding hydrogens is 316 g/mol. The average molecular weight is 335 g/mol. The van der Waals surface area contributed by atoms with Crippen molar-refractivity contribution >= 4 is 28.8 Å². The van der Waals surface area contributed by atoms with Crippen molar-refractivity contribution < 1.29 is 4.79 Å². The van der Waals surface area contributed by atoms with Gasteiger partial charge in [-0.3, -0.25) is 9.69 Å². The quantitative estimate of drug-likeness (QED) is 0.925. The second-order valence-electron chi connectivity index (χ2n) is 5.56. The first-order chi connectivity index (χ1) is 10.6. The van der Waals surface area contributed by atoms with E-state index in [1.54, 1.807) is 0 Å². The second kappa shape index (κ2) is 6.82. The minimum Gasteiger partial charge on any atom is -0.351 e. The normalized spacial score (nSPS) is 18.0. The first kappa shape index (κ1) is 15.5. The molecule has 0 spiro atoms. The summed E-state index contributed by atoms with van der Waals surface area (Å²) in [6.45, 7) is 4.02. The van der Waals surface area contributed by atoms with Gasteiger partial charge < -0.3 is 5.32 Å². The molecule has 116 valence electrons. The molecule has 3 rings (SSSR count). The van der Waals surface area contributed by atoms with Gasteiger partial charge in [0.05, 0.1) is 6.54 Å². The molecule has 1 aliphatic heterocycles.